The van der Waals surface area contributed by atoms with E-state index in [9.17, 15) is 25.6 Å². The van der Waals surface area contributed by atoms with E-state index in [0.29, 0.717) is 11.0 Å². The van der Waals surface area contributed by atoms with Gasteiger partial charge in [-0.1, -0.05) is 35.9 Å². The third-order valence-corrected chi connectivity index (χ3v) is 7.30. The molecule has 178 valence electrons. The number of halogens is 3. The highest BCUT2D eigenvalue weighted by Gasteiger charge is 2.23. The summed E-state index contributed by atoms with van der Waals surface area (Å²) in [4.78, 5) is -0.383. The average molecular weight is 529 g/mol. The Morgan fingerprint density at radius 1 is 0.824 bits per heavy atom. The number of benzene rings is 3. The first kappa shape index (κ1) is 23.8. The van der Waals surface area contributed by atoms with Crippen LogP contribution in [-0.2, 0) is 20.0 Å². The fourth-order valence-corrected chi connectivity index (χ4v) is 5.32. The summed E-state index contributed by atoms with van der Waals surface area (Å²) in [5.41, 5.74) is 0.00146. The van der Waals surface area contributed by atoms with Crippen molar-refractivity contribution in [1.29, 1.82) is 0 Å². The first-order valence-corrected chi connectivity index (χ1v) is 12.8. The highest BCUT2D eigenvalue weighted by Crippen LogP contribution is 2.32. The lowest BCUT2D eigenvalue weighted by Gasteiger charge is -2.15. The maximum Gasteiger partial charge on any atom is 0.387 e. The molecular weight excluding hydrogens is 514 g/mol. The van der Waals surface area contributed by atoms with Crippen LogP contribution >= 0.6 is 11.6 Å². The molecule has 0 saturated carbocycles. The Hall–Kier alpha value is -3.35. The third-order valence-electron chi connectivity index (χ3n) is 4.48. The van der Waals surface area contributed by atoms with Gasteiger partial charge in [-0.2, -0.15) is 17.2 Å². The van der Waals surface area contributed by atoms with Gasteiger partial charge in [0.15, 0.2) is 0 Å². The van der Waals surface area contributed by atoms with Crippen LogP contribution in [0, 0.1) is 0 Å². The molecule has 0 radical (unpaired) electrons. The maximum absolute atomic E-state index is 12.9. The Morgan fingerprint density at radius 3 is 2.29 bits per heavy atom. The molecule has 0 bridgehead atoms. The number of ether oxygens (including phenoxy) is 1. The van der Waals surface area contributed by atoms with Crippen LogP contribution in [0.1, 0.15) is 0 Å². The number of hydrogen-bond acceptors (Lipinski definition) is 6. The summed E-state index contributed by atoms with van der Waals surface area (Å²) in [5, 5.41) is 0.290. The van der Waals surface area contributed by atoms with E-state index in [1.807, 2.05) is 0 Å². The van der Waals surface area contributed by atoms with E-state index in [4.69, 9.17) is 16.0 Å². The fraction of sp³-hybridized carbons (Fsp3) is 0.0476. The average Bonchev–Trinajstić information content (AvgIpc) is 3.21. The summed E-state index contributed by atoms with van der Waals surface area (Å²) in [6, 6.07) is 16.2. The summed E-state index contributed by atoms with van der Waals surface area (Å²) in [7, 11) is -8.59. The lowest BCUT2D eigenvalue weighted by molar-refractivity contribution is -0.0499. The molecule has 3 aromatic carbocycles. The van der Waals surface area contributed by atoms with Gasteiger partial charge in [0.2, 0.25) is 5.09 Å². The van der Waals surface area contributed by atoms with Gasteiger partial charge in [-0.05, 0) is 36.4 Å². The molecule has 2 N–H and O–H groups in total. The van der Waals surface area contributed by atoms with Gasteiger partial charge in [0.1, 0.15) is 11.3 Å². The Kier molecular flexibility index (Phi) is 6.39. The smallest absolute Gasteiger partial charge is 0.387 e. The minimum absolute atomic E-state index is 0.123. The molecule has 0 aliphatic heterocycles. The van der Waals surface area contributed by atoms with E-state index in [1.54, 1.807) is 24.3 Å². The molecule has 0 atom stereocenters. The molecule has 1 heterocycles. The molecule has 0 fully saturated rings. The van der Waals surface area contributed by atoms with Gasteiger partial charge in [-0.25, -0.2) is 8.42 Å². The van der Waals surface area contributed by atoms with E-state index >= 15 is 0 Å². The zero-order valence-electron chi connectivity index (χ0n) is 16.9. The van der Waals surface area contributed by atoms with Crippen LogP contribution in [0.25, 0.3) is 11.0 Å². The van der Waals surface area contributed by atoms with Gasteiger partial charge >= 0.3 is 6.61 Å². The van der Waals surface area contributed by atoms with E-state index in [2.05, 4.69) is 14.2 Å². The number of sulfonamides is 2. The number of alkyl halides is 2. The first-order chi connectivity index (χ1) is 16.0. The first-order valence-electron chi connectivity index (χ1n) is 9.42. The zero-order valence-corrected chi connectivity index (χ0v) is 19.3. The van der Waals surface area contributed by atoms with Crippen molar-refractivity contribution < 1.29 is 34.8 Å². The van der Waals surface area contributed by atoms with E-state index in [1.165, 1.54) is 36.4 Å². The van der Waals surface area contributed by atoms with E-state index in [0.717, 1.165) is 12.1 Å². The summed E-state index contributed by atoms with van der Waals surface area (Å²) in [5.74, 6) is -0.361. The SMILES string of the molecule is O=S(=O)(Nc1ccc(Cl)cc1NS(=O)(=O)c1cc2ccccc2o1)c1cccc(OC(F)F)c1. The number of rotatable bonds is 8. The van der Waals surface area contributed by atoms with Crippen LogP contribution in [0.5, 0.6) is 5.75 Å². The zero-order chi connectivity index (χ0) is 24.5. The second-order valence-corrected chi connectivity index (χ2v) is 10.6. The summed E-state index contributed by atoms with van der Waals surface area (Å²) in [6.45, 7) is -3.14. The Bertz CT molecular complexity index is 1540. The van der Waals surface area contributed by atoms with Crippen molar-refractivity contribution in [2.24, 2.45) is 0 Å². The molecule has 34 heavy (non-hydrogen) atoms. The van der Waals surface area contributed by atoms with Crippen LogP contribution in [0.4, 0.5) is 20.2 Å². The van der Waals surface area contributed by atoms with Crippen molar-refractivity contribution in [2.45, 2.75) is 16.6 Å². The lowest BCUT2D eigenvalue weighted by Crippen LogP contribution is -2.17. The largest absolute Gasteiger partial charge is 0.443 e. The summed E-state index contributed by atoms with van der Waals surface area (Å²) in [6.07, 6.45) is 0. The van der Waals surface area contributed by atoms with Crippen molar-refractivity contribution >= 4 is 54.0 Å². The van der Waals surface area contributed by atoms with Gasteiger partial charge in [0.05, 0.1) is 16.3 Å². The second-order valence-electron chi connectivity index (χ2n) is 6.86. The van der Waals surface area contributed by atoms with E-state index in [-0.39, 0.29) is 32.1 Å². The number of anilines is 2. The molecule has 0 aliphatic rings. The third kappa shape index (κ3) is 5.24. The topological polar surface area (TPSA) is 115 Å². The monoisotopic (exact) mass is 528 g/mol. The normalized spacial score (nSPS) is 12.1. The highest BCUT2D eigenvalue weighted by atomic mass is 35.5. The quantitative estimate of drug-likeness (QED) is 0.321. The van der Waals surface area contributed by atoms with Gasteiger partial charge in [0, 0.05) is 22.5 Å². The van der Waals surface area contributed by atoms with Gasteiger partial charge in [0.25, 0.3) is 20.0 Å². The molecule has 0 aliphatic carbocycles. The molecule has 4 rings (SSSR count). The van der Waals surface area contributed by atoms with Crippen LogP contribution in [0.3, 0.4) is 0 Å². The van der Waals surface area contributed by atoms with Gasteiger partial charge in [-0.15, -0.1) is 0 Å². The molecule has 1 aromatic heterocycles. The predicted molar refractivity (Wildman–Crippen MR) is 122 cm³/mol. The minimum Gasteiger partial charge on any atom is -0.443 e. The minimum atomic E-state index is -4.32. The Labute approximate surface area is 198 Å². The predicted octanol–water partition coefficient (Wildman–Crippen LogP) is 5.29. The van der Waals surface area contributed by atoms with Gasteiger partial charge < -0.3 is 9.15 Å². The molecule has 0 spiro atoms. The van der Waals surface area contributed by atoms with Crippen molar-refractivity contribution in [2.75, 3.05) is 9.44 Å². The highest BCUT2D eigenvalue weighted by molar-refractivity contribution is 7.93. The van der Waals surface area contributed by atoms with Crippen molar-refractivity contribution in [3.63, 3.8) is 0 Å². The number of nitrogens with one attached hydrogen (secondary N) is 2. The maximum atomic E-state index is 12.9. The molecule has 0 unspecified atom stereocenters. The molecule has 13 heteroatoms. The summed E-state index contributed by atoms with van der Waals surface area (Å²) < 4.78 is 90.6. The standard InChI is InChI=1S/C21H15ClF2N2O6S2/c22-14-8-9-17(25-33(27,28)16-6-3-5-15(12-16)31-21(23)24)18(11-14)26-34(29,30)20-10-13-4-1-2-7-19(13)32-20/h1-12,21,25-26H. The van der Waals surface area contributed by atoms with Crippen molar-refractivity contribution in [1.82, 2.24) is 0 Å². The summed E-state index contributed by atoms with van der Waals surface area (Å²) >= 11 is 5.99. The van der Waals surface area contributed by atoms with Crippen LogP contribution in [0.15, 0.2) is 87.2 Å². The molecule has 0 amide bonds. The fourth-order valence-electron chi connectivity index (χ4n) is 3.00. The van der Waals surface area contributed by atoms with E-state index < -0.39 is 26.7 Å². The van der Waals surface area contributed by atoms with Crippen molar-refractivity contribution in [3.8, 4) is 5.75 Å². The van der Waals surface area contributed by atoms with Crippen LogP contribution in [-0.4, -0.2) is 23.4 Å². The van der Waals surface area contributed by atoms with Crippen LogP contribution in [0.2, 0.25) is 5.02 Å². The second kappa shape index (κ2) is 9.12. The van der Waals surface area contributed by atoms with Gasteiger partial charge in [-0.3, -0.25) is 9.44 Å². The molecular formula is C21H15ClF2N2O6S2. The molecule has 0 saturated heterocycles. The molecule has 4 aromatic rings. The number of hydrogen-bond donors (Lipinski definition) is 2. The number of furan rings is 1. The Balaban J connectivity index is 1.66. The Morgan fingerprint density at radius 2 is 1.56 bits per heavy atom. The lowest BCUT2D eigenvalue weighted by atomic mass is 10.3. The number of fused-ring (bicyclic) bond motifs is 1. The van der Waals surface area contributed by atoms with Crippen molar-refractivity contribution in [3.05, 3.63) is 77.8 Å². The molecule has 8 nitrogen and oxygen atoms in total. The number of para-hydroxylation sites is 1. The van der Waals surface area contributed by atoms with Crippen LogP contribution < -0.4 is 14.2 Å².